The van der Waals surface area contributed by atoms with Crippen LogP contribution in [-0.2, 0) is 10.9 Å². The lowest BCUT2D eigenvalue weighted by atomic mass is 10.1. The topological polar surface area (TPSA) is 90.2 Å². The fourth-order valence-electron chi connectivity index (χ4n) is 3.73. The Kier molecular flexibility index (Phi) is 5.54. The number of amides is 1. The van der Waals surface area contributed by atoms with Crippen molar-refractivity contribution < 1.29 is 32.2 Å². The van der Waals surface area contributed by atoms with Crippen LogP contribution >= 0.6 is 0 Å². The van der Waals surface area contributed by atoms with E-state index in [0.29, 0.717) is 47.9 Å². The molecule has 0 spiro atoms. The van der Waals surface area contributed by atoms with Gasteiger partial charge in [-0.25, -0.2) is 9.50 Å². The molecule has 0 bridgehead atoms. The van der Waals surface area contributed by atoms with Crippen molar-refractivity contribution in [2.75, 3.05) is 46.2 Å². The van der Waals surface area contributed by atoms with E-state index in [1.165, 1.54) is 6.07 Å². The Morgan fingerprint density at radius 1 is 1.09 bits per heavy atom. The average molecular weight is 463 g/mol. The van der Waals surface area contributed by atoms with Gasteiger partial charge in [-0.05, 0) is 24.3 Å². The molecule has 0 atom stereocenters. The normalized spacial score (nSPS) is 16.3. The van der Waals surface area contributed by atoms with E-state index < -0.39 is 17.8 Å². The van der Waals surface area contributed by atoms with Gasteiger partial charge in [0.1, 0.15) is 0 Å². The van der Waals surface area contributed by atoms with Crippen molar-refractivity contribution in [3.05, 3.63) is 41.7 Å². The van der Waals surface area contributed by atoms with Gasteiger partial charge >= 0.3 is 6.18 Å². The highest BCUT2D eigenvalue weighted by Crippen LogP contribution is 2.37. The second-order valence-corrected chi connectivity index (χ2v) is 7.60. The highest BCUT2D eigenvalue weighted by Gasteiger charge is 2.36. The van der Waals surface area contributed by atoms with Gasteiger partial charge < -0.3 is 19.5 Å². The summed E-state index contributed by atoms with van der Waals surface area (Å²) < 4.78 is 57.9. The third kappa shape index (κ3) is 4.44. The lowest BCUT2D eigenvalue weighted by molar-refractivity contribution is -0.142. The number of carbonyl (C=O) groups excluding carboxylic acids is 1. The molecule has 2 aliphatic heterocycles. The number of halogens is 3. The summed E-state index contributed by atoms with van der Waals surface area (Å²) in [5, 5.41) is 6.58. The van der Waals surface area contributed by atoms with Gasteiger partial charge in [-0.1, -0.05) is 0 Å². The fraction of sp³-hybridized carbons (Fsp3) is 0.381. The van der Waals surface area contributed by atoms with E-state index in [4.69, 9.17) is 14.2 Å². The standard InChI is InChI=1S/C21H20F3N5O4/c22-21(23,24)18-10-14(13-1-2-16-17(9-13)33-12-32-16)26-19-11-15(27-29(18)19)20(30)25-3-4-28-5-7-31-8-6-28/h1-2,9-11H,3-8,12H2,(H,25,30). The minimum Gasteiger partial charge on any atom is -0.454 e. The molecule has 0 radical (unpaired) electrons. The second kappa shape index (κ2) is 8.52. The van der Waals surface area contributed by atoms with Crippen molar-refractivity contribution in [1.82, 2.24) is 24.8 Å². The number of carbonyl (C=O) groups is 1. The molecule has 12 heteroatoms. The maximum atomic E-state index is 13.8. The van der Waals surface area contributed by atoms with Crippen molar-refractivity contribution in [3.63, 3.8) is 0 Å². The highest BCUT2D eigenvalue weighted by molar-refractivity contribution is 5.93. The molecule has 1 N–H and O–H groups in total. The number of nitrogens with one attached hydrogen (secondary N) is 1. The monoisotopic (exact) mass is 463 g/mol. The number of nitrogens with zero attached hydrogens (tertiary/aromatic N) is 4. The number of alkyl halides is 3. The van der Waals surface area contributed by atoms with Crippen LogP contribution in [0.4, 0.5) is 13.2 Å². The van der Waals surface area contributed by atoms with Crippen molar-refractivity contribution in [2.24, 2.45) is 0 Å². The van der Waals surface area contributed by atoms with Crippen LogP contribution in [0.3, 0.4) is 0 Å². The lowest BCUT2D eigenvalue weighted by Gasteiger charge is -2.26. The van der Waals surface area contributed by atoms with E-state index in [0.717, 1.165) is 19.2 Å². The van der Waals surface area contributed by atoms with Gasteiger partial charge in [-0.15, -0.1) is 0 Å². The molecule has 2 aliphatic rings. The van der Waals surface area contributed by atoms with Crippen LogP contribution in [0.15, 0.2) is 30.3 Å². The highest BCUT2D eigenvalue weighted by atomic mass is 19.4. The molecule has 0 unspecified atom stereocenters. The number of benzene rings is 1. The number of fused-ring (bicyclic) bond motifs is 2. The van der Waals surface area contributed by atoms with Crippen LogP contribution < -0.4 is 14.8 Å². The number of rotatable bonds is 5. The van der Waals surface area contributed by atoms with Crippen molar-refractivity contribution in [1.29, 1.82) is 0 Å². The fourth-order valence-corrected chi connectivity index (χ4v) is 3.73. The third-order valence-electron chi connectivity index (χ3n) is 5.44. The zero-order valence-electron chi connectivity index (χ0n) is 17.4. The van der Waals surface area contributed by atoms with Crippen molar-refractivity contribution in [3.8, 4) is 22.8 Å². The first-order chi connectivity index (χ1) is 15.9. The largest absolute Gasteiger partial charge is 0.454 e. The first kappa shape index (κ1) is 21.5. The Labute approximate surface area is 186 Å². The summed E-state index contributed by atoms with van der Waals surface area (Å²) in [6.07, 6.45) is -4.71. The number of hydrogen-bond acceptors (Lipinski definition) is 7. The zero-order valence-corrected chi connectivity index (χ0v) is 17.4. The van der Waals surface area contributed by atoms with Gasteiger partial charge in [0, 0.05) is 37.8 Å². The van der Waals surface area contributed by atoms with Gasteiger partial charge in [-0.2, -0.15) is 18.3 Å². The van der Waals surface area contributed by atoms with Crippen LogP contribution in [0.5, 0.6) is 11.5 Å². The number of morpholine rings is 1. The molecule has 1 aromatic carbocycles. The van der Waals surface area contributed by atoms with Crippen molar-refractivity contribution in [2.45, 2.75) is 6.18 Å². The van der Waals surface area contributed by atoms with E-state index in [-0.39, 0.29) is 23.8 Å². The molecule has 1 amide bonds. The summed E-state index contributed by atoms with van der Waals surface area (Å²) in [6.45, 7) is 3.82. The molecule has 5 rings (SSSR count). The van der Waals surface area contributed by atoms with Gasteiger partial charge in [-0.3, -0.25) is 9.69 Å². The molecule has 2 aromatic heterocycles. The summed E-state index contributed by atoms with van der Waals surface area (Å²) in [6, 6.07) is 6.92. The Bertz CT molecular complexity index is 1190. The van der Waals surface area contributed by atoms with Crippen LogP contribution in [0.1, 0.15) is 16.2 Å². The maximum absolute atomic E-state index is 13.8. The van der Waals surface area contributed by atoms with E-state index in [1.54, 1.807) is 18.2 Å². The van der Waals surface area contributed by atoms with Crippen LogP contribution in [-0.4, -0.2) is 71.6 Å². The molecular weight excluding hydrogens is 443 g/mol. The predicted molar refractivity (Wildman–Crippen MR) is 109 cm³/mol. The van der Waals surface area contributed by atoms with Gasteiger partial charge in [0.05, 0.1) is 18.9 Å². The number of hydrogen-bond donors (Lipinski definition) is 1. The molecule has 9 nitrogen and oxygen atoms in total. The maximum Gasteiger partial charge on any atom is 0.433 e. The number of aromatic nitrogens is 3. The Morgan fingerprint density at radius 2 is 1.88 bits per heavy atom. The Hall–Kier alpha value is -3.38. The average Bonchev–Trinajstić information content (AvgIpc) is 3.44. The molecule has 0 aliphatic carbocycles. The Balaban J connectivity index is 1.42. The summed E-state index contributed by atoms with van der Waals surface area (Å²) in [7, 11) is 0. The molecule has 3 aromatic rings. The lowest BCUT2D eigenvalue weighted by Crippen LogP contribution is -2.41. The van der Waals surface area contributed by atoms with Gasteiger partial charge in [0.2, 0.25) is 6.79 Å². The van der Waals surface area contributed by atoms with E-state index in [9.17, 15) is 18.0 Å². The van der Waals surface area contributed by atoms with Crippen LogP contribution in [0.25, 0.3) is 16.9 Å². The zero-order chi connectivity index (χ0) is 23.0. The summed E-state index contributed by atoms with van der Waals surface area (Å²) >= 11 is 0. The number of ether oxygens (including phenoxy) is 3. The van der Waals surface area contributed by atoms with Gasteiger partial charge in [0.15, 0.2) is 28.5 Å². The Morgan fingerprint density at radius 3 is 2.67 bits per heavy atom. The molecule has 33 heavy (non-hydrogen) atoms. The van der Waals surface area contributed by atoms with E-state index >= 15 is 0 Å². The molecule has 1 fully saturated rings. The van der Waals surface area contributed by atoms with E-state index in [2.05, 4.69) is 20.3 Å². The molecule has 1 saturated heterocycles. The van der Waals surface area contributed by atoms with Crippen molar-refractivity contribution >= 4 is 11.6 Å². The summed E-state index contributed by atoms with van der Waals surface area (Å²) in [5.41, 5.74) is -0.765. The minimum atomic E-state index is -4.71. The van der Waals surface area contributed by atoms with E-state index in [1.807, 2.05) is 0 Å². The van der Waals surface area contributed by atoms with Gasteiger partial charge in [0.25, 0.3) is 5.91 Å². The second-order valence-electron chi connectivity index (χ2n) is 7.60. The quantitative estimate of drug-likeness (QED) is 0.621. The summed E-state index contributed by atoms with van der Waals surface area (Å²) in [5.74, 6) is 0.374. The summed E-state index contributed by atoms with van der Waals surface area (Å²) in [4.78, 5) is 19.0. The smallest absolute Gasteiger partial charge is 0.433 e. The molecule has 0 saturated carbocycles. The minimum absolute atomic E-state index is 0.0473. The first-order valence-corrected chi connectivity index (χ1v) is 10.3. The molecular formula is C21H20F3N5O4. The third-order valence-corrected chi connectivity index (χ3v) is 5.44. The van der Waals surface area contributed by atoms with Crippen LogP contribution in [0.2, 0.25) is 0 Å². The molecule has 4 heterocycles. The van der Waals surface area contributed by atoms with Crippen LogP contribution in [0, 0.1) is 0 Å². The SMILES string of the molecule is O=C(NCCN1CCOCC1)c1cc2nc(-c3ccc4c(c3)OCO4)cc(C(F)(F)F)n2n1. The predicted octanol–water partition coefficient (Wildman–Crippen LogP) is 2.21. The molecule has 174 valence electrons. The first-order valence-electron chi connectivity index (χ1n) is 10.3.